The first-order chi connectivity index (χ1) is 8.22. The minimum Gasteiger partial charge on any atom is -0.463 e. The molecule has 0 N–H and O–H groups in total. The van der Waals surface area contributed by atoms with Crippen LogP contribution in [0.5, 0.6) is 0 Å². The molecule has 0 aromatic heterocycles. The van der Waals surface area contributed by atoms with E-state index in [0.29, 0.717) is 19.6 Å². The quantitative estimate of drug-likeness (QED) is 0.539. The third-order valence-electron chi connectivity index (χ3n) is 2.52. The highest BCUT2D eigenvalue weighted by Gasteiger charge is 2.02. The number of benzene rings is 1. The van der Waals surface area contributed by atoms with Crippen LogP contribution < -0.4 is 0 Å². The summed E-state index contributed by atoms with van der Waals surface area (Å²) in [5.41, 5.74) is 2.52. The van der Waals surface area contributed by atoms with Crippen LogP contribution in [0.2, 0.25) is 0 Å². The average Bonchev–Trinajstić information content (AvgIpc) is 2.32. The van der Waals surface area contributed by atoms with Crippen LogP contribution in [-0.2, 0) is 20.7 Å². The molecule has 0 radical (unpaired) electrons. The van der Waals surface area contributed by atoms with Crippen LogP contribution in [0, 0.1) is 6.92 Å². The molecule has 0 amide bonds. The Hall–Kier alpha value is -1.35. The minimum atomic E-state index is -0.144. The Kier molecular flexibility index (Phi) is 6.33. The zero-order valence-corrected chi connectivity index (χ0v) is 10.6. The van der Waals surface area contributed by atoms with Crippen LogP contribution in [0.1, 0.15) is 24.0 Å². The number of hydrogen-bond donors (Lipinski definition) is 0. The Morgan fingerprint density at radius 3 is 2.53 bits per heavy atom. The number of carbonyl (C=O) groups excluding carboxylic acids is 1. The smallest absolute Gasteiger partial charge is 0.305 e. The normalized spacial score (nSPS) is 10.2. The van der Waals surface area contributed by atoms with Gasteiger partial charge < -0.3 is 9.47 Å². The van der Waals surface area contributed by atoms with Gasteiger partial charge in [-0.25, -0.2) is 0 Å². The van der Waals surface area contributed by atoms with Crippen molar-refractivity contribution in [3.05, 3.63) is 35.4 Å². The predicted molar refractivity (Wildman–Crippen MR) is 67.0 cm³/mol. The van der Waals surface area contributed by atoms with Crippen LogP contribution in [-0.4, -0.2) is 26.3 Å². The fraction of sp³-hybridized carbons (Fsp3) is 0.500. The molecule has 1 aromatic carbocycles. The van der Waals surface area contributed by atoms with Crippen LogP contribution in [0.15, 0.2) is 24.3 Å². The van der Waals surface area contributed by atoms with Gasteiger partial charge in [0, 0.05) is 13.5 Å². The lowest BCUT2D eigenvalue weighted by atomic mass is 10.1. The molecule has 0 aliphatic rings. The second-order valence-corrected chi connectivity index (χ2v) is 4.05. The summed E-state index contributed by atoms with van der Waals surface area (Å²) in [6.07, 6.45) is 2.21. The van der Waals surface area contributed by atoms with Gasteiger partial charge in [0.2, 0.25) is 0 Å². The summed E-state index contributed by atoms with van der Waals surface area (Å²) in [4.78, 5) is 11.3. The molecule has 0 unspecified atom stereocenters. The summed E-state index contributed by atoms with van der Waals surface area (Å²) >= 11 is 0. The highest BCUT2D eigenvalue weighted by Crippen LogP contribution is 2.07. The van der Waals surface area contributed by atoms with Gasteiger partial charge in [0.1, 0.15) is 6.61 Å². The van der Waals surface area contributed by atoms with Crippen molar-refractivity contribution in [3.8, 4) is 0 Å². The van der Waals surface area contributed by atoms with Gasteiger partial charge in [-0.1, -0.05) is 29.8 Å². The first-order valence-electron chi connectivity index (χ1n) is 5.92. The predicted octanol–water partition coefficient (Wildman–Crippen LogP) is 2.51. The number of carbonyl (C=O) groups is 1. The molecule has 3 heteroatoms. The number of rotatable bonds is 7. The van der Waals surface area contributed by atoms with Gasteiger partial charge in [-0.3, -0.25) is 4.79 Å². The second-order valence-electron chi connectivity index (χ2n) is 4.05. The fourth-order valence-electron chi connectivity index (χ4n) is 1.50. The maximum Gasteiger partial charge on any atom is 0.305 e. The molecule has 0 atom stereocenters. The van der Waals surface area contributed by atoms with E-state index in [9.17, 15) is 4.79 Å². The maximum atomic E-state index is 11.3. The second kappa shape index (κ2) is 7.85. The number of ether oxygens (including phenoxy) is 2. The standard InChI is InChI=1S/C14H20O3/c1-12-6-8-13(9-7-12)4-3-5-14(15)17-11-10-16-2/h6-9H,3-5,10-11H2,1-2H3. The molecule has 1 rings (SSSR count). The van der Waals surface area contributed by atoms with E-state index in [1.165, 1.54) is 11.1 Å². The molecule has 17 heavy (non-hydrogen) atoms. The van der Waals surface area contributed by atoms with E-state index in [-0.39, 0.29) is 5.97 Å². The largest absolute Gasteiger partial charge is 0.463 e. The zero-order chi connectivity index (χ0) is 12.5. The van der Waals surface area contributed by atoms with Gasteiger partial charge in [0.05, 0.1) is 6.61 Å². The van der Waals surface area contributed by atoms with Gasteiger partial charge in [0.15, 0.2) is 0 Å². The summed E-state index contributed by atoms with van der Waals surface area (Å²) in [5.74, 6) is -0.144. The van der Waals surface area contributed by atoms with E-state index in [4.69, 9.17) is 9.47 Å². The summed E-state index contributed by atoms with van der Waals surface area (Å²) in [6, 6.07) is 8.38. The van der Waals surface area contributed by atoms with Gasteiger partial charge >= 0.3 is 5.97 Å². The van der Waals surface area contributed by atoms with Crippen molar-refractivity contribution < 1.29 is 14.3 Å². The Morgan fingerprint density at radius 2 is 1.88 bits per heavy atom. The van der Waals surface area contributed by atoms with Crippen molar-refractivity contribution in [2.75, 3.05) is 20.3 Å². The van der Waals surface area contributed by atoms with Crippen molar-refractivity contribution in [2.24, 2.45) is 0 Å². The number of hydrogen-bond acceptors (Lipinski definition) is 3. The minimum absolute atomic E-state index is 0.144. The molecular weight excluding hydrogens is 216 g/mol. The van der Waals surface area contributed by atoms with Crippen LogP contribution in [0.25, 0.3) is 0 Å². The first-order valence-corrected chi connectivity index (χ1v) is 5.92. The van der Waals surface area contributed by atoms with Crippen LogP contribution in [0.3, 0.4) is 0 Å². The molecule has 1 aromatic rings. The Morgan fingerprint density at radius 1 is 1.18 bits per heavy atom. The SMILES string of the molecule is COCCOC(=O)CCCc1ccc(C)cc1. The Labute approximate surface area is 103 Å². The summed E-state index contributed by atoms with van der Waals surface area (Å²) in [5, 5.41) is 0. The lowest BCUT2D eigenvalue weighted by Gasteiger charge is -2.04. The third kappa shape index (κ3) is 6.07. The Balaban J connectivity index is 2.14. The topological polar surface area (TPSA) is 35.5 Å². The molecular formula is C14H20O3. The van der Waals surface area contributed by atoms with Crippen molar-refractivity contribution in [1.29, 1.82) is 0 Å². The van der Waals surface area contributed by atoms with Crippen molar-refractivity contribution >= 4 is 5.97 Å². The fourth-order valence-corrected chi connectivity index (χ4v) is 1.50. The maximum absolute atomic E-state index is 11.3. The highest BCUT2D eigenvalue weighted by molar-refractivity contribution is 5.69. The molecule has 0 fully saturated rings. The Bertz CT molecular complexity index is 330. The number of aryl methyl sites for hydroxylation is 2. The van der Waals surface area contributed by atoms with E-state index in [1.54, 1.807) is 7.11 Å². The van der Waals surface area contributed by atoms with E-state index >= 15 is 0 Å². The van der Waals surface area contributed by atoms with E-state index < -0.39 is 0 Å². The van der Waals surface area contributed by atoms with Gasteiger partial charge in [0.25, 0.3) is 0 Å². The summed E-state index contributed by atoms with van der Waals surface area (Å²) < 4.78 is 9.78. The van der Waals surface area contributed by atoms with E-state index in [1.807, 2.05) is 0 Å². The lowest BCUT2D eigenvalue weighted by Crippen LogP contribution is -2.09. The first kappa shape index (κ1) is 13.7. The third-order valence-corrected chi connectivity index (χ3v) is 2.52. The van der Waals surface area contributed by atoms with Crippen LogP contribution >= 0.6 is 0 Å². The monoisotopic (exact) mass is 236 g/mol. The molecule has 0 spiro atoms. The molecule has 0 aliphatic heterocycles. The van der Waals surface area contributed by atoms with Crippen molar-refractivity contribution in [2.45, 2.75) is 26.2 Å². The molecule has 94 valence electrons. The average molecular weight is 236 g/mol. The summed E-state index contributed by atoms with van der Waals surface area (Å²) in [6.45, 7) is 2.88. The molecule has 0 bridgehead atoms. The molecule has 0 heterocycles. The van der Waals surface area contributed by atoms with E-state index in [2.05, 4.69) is 31.2 Å². The molecule has 0 aliphatic carbocycles. The number of esters is 1. The molecule has 0 saturated heterocycles. The zero-order valence-electron chi connectivity index (χ0n) is 10.6. The van der Waals surface area contributed by atoms with Crippen molar-refractivity contribution in [1.82, 2.24) is 0 Å². The van der Waals surface area contributed by atoms with Gasteiger partial charge in [-0.05, 0) is 25.3 Å². The van der Waals surface area contributed by atoms with Gasteiger partial charge in [-0.15, -0.1) is 0 Å². The molecule has 0 saturated carbocycles. The van der Waals surface area contributed by atoms with E-state index in [0.717, 1.165) is 12.8 Å². The van der Waals surface area contributed by atoms with Crippen LogP contribution in [0.4, 0.5) is 0 Å². The number of methoxy groups -OCH3 is 1. The van der Waals surface area contributed by atoms with Crippen molar-refractivity contribution in [3.63, 3.8) is 0 Å². The molecule has 3 nitrogen and oxygen atoms in total. The summed E-state index contributed by atoms with van der Waals surface area (Å²) in [7, 11) is 1.59. The lowest BCUT2D eigenvalue weighted by molar-refractivity contribution is -0.144. The van der Waals surface area contributed by atoms with Gasteiger partial charge in [-0.2, -0.15) is 0 Å². The highest BCUT2D eigenvalue weighted by atomic mass is 16.6.